The monoisotopic (exact) mass is 264 g/mol. The van der Waals surface area contributed by atoms with Crippen LogP contribution in [0.2, 0.25) is 0 Å². The lowest BCUT2D eigenvalue weighted by Crippen LogP contribution is -2.40. The van der Waals surface area contributed by atoms with Crippen LogP contribution in [-0.2, 0) is 4.79 Å². The fraction of sp³-hybridized carbons (Fsp3) is 0.538. The second-order valence-corrected chi connectivity index (χ2v) is 6.44. The molecule has 2 saturated heterocycles. The predicted molar refractivity (Wildman–Crippen MR) is 69.6 cm³/mol. The van der Waals surface area contributed by atoms with E-state index in [1.54, 1.807) is 11.3 Å². The number of carbonyl (C=O) groups is 2. The summed E-state index contributed by atoms with van der Waals surface area (Å²) in [4.78, 5) is 27.5. The Hall–Kier alpha value is -1.36. The van der Waals surface area contributed by atoms with Gasteiger partial charge in [0.25, 0.3) is 5.91 Å². The first-order chi connectivity index (χ1) is 8.63. The van der Waals surface area contributed by atoms with Crippen LogP contribution in [0.4, 0.5) is 0 Å². The number of piperidine rings is 1. The highest BCUT2D eigenvalue weighted by Crippen LogP contribution is 2.30. The zero-order valence-corrected chi connectivity index (χ0v) is 11.1. The standard InChI is InChI=1S/C13H16N2O2S/c1-8-2-3-11(18-8)13(17)15-6-9-4-12(16)14-5-10(9)7-15/h2-3,9-10H,4-7H2,1H3,(H,14,16)/t9-,10+/m0/s1. The van der Waals surface area contributed by atoms with Crippen LogP contribution >= 0.6 is 11.3 Å². The van der Waals surface area contributed by atoms with Crippen molar-refractivity contribution in [3.8, 4) is 0 Å². The molecule has 1 N–H and O–H groups in total. The van der Waals surface area contributed by atoms with Gasteiger partial charge < -0.3 is 10.2 Å². The Bertz CT molecular complexity index is 497. The van der Waals surface area contributed by atoms with E-state index in [9.17, 15) is 9.59 Å². The molecule has 0 radical (unpaired) electrons. The summed E-state index contributed by atoms with van der Waals surface area (Å²) in [7, 11) is 0. The van der Waals surface area contributed by atoms with Gasteiger partial charge in [-0.3, -0.25) is 9.59 Å². The molecule has 0 aromatic carbocycles. The van der Waals surface area contributed by atoms with Gasteiger partial charge in [0.05, 0.1) is 4.88 Å². The molecule has 0 aliphatic carbocycles. The maximum atomic E-state index is 12.3. The number of nitrogens with zero attached hydrogens (tertiary/aromatic N) is 1. The van der Waals surface area contributed by atoms with Crippen LogP contribution in [0.3, 0.4) is 0 Å². The first-order valence-electron chi connectivity index (χ1n) is 6.26. The Balaban J connectivity index is 1.72. The Kier molecular flexibility index (Phi) is 2.86. The van der Waals surface area contributed by atoms with E-state index in [0.717, 1.165) is 29.4 Å². The molecule has 2 fully saturated rings. The summed E-state index contributed by atoms with van der Waals surface area (Å²) >= 11 is 1.54. The van der Waals surface area contributed by atoms with Gasteiger partial charge in [-0.1, -0.05) is 0 Å². The highest BCUT2D eigenvalue weighted by atomic mass is 32.1. The lowest BCUT2D eigenvalue weighted by atomic mass is 9.89. The number of thiophene rings is 1. The average molecular weight is 264 g/mol. The summed E-state index contributed by atoms with van der Waals surface area (Å²) in [5, 5.41) is 2.88. The Morgan fingerprint density at radius 3 is 2.89 bits per heavy atom. The van der Waals surface area contributed by atoms with Crippen LogP contribution < -0.4 is 5.32 Å². The predicted octanol–water partition coefficient (Wildman–Crippen LogP) is 1.26. The van der Waals surface area contributed by atoms with Crippen LogP contribution in [-0.4, -0.2) is 36.3 Å². The highest BCUT2D eigenvalue weighted by Gasteiger charge is 2.39. The van der Waals surface area contributed by atoms with Gasteiger partial charge in [0.1, 0.15) is 0 Å². The summed E-state index contributed by atoms with van der Waals surface area (Å²) in [6, 6.07) is 3.87. The van der Waals surface area contributed by atoms with Crippen molar-refractivity contribution in [2.24, 2.45) is 11.8 Å². The zero-order chi connectivity index (χ0) is 12.7. The lowest BCUT2D eigenvalue weighted by molar-refractivity contribution is -0.124. The molecule has 0 unspecified atom stereocenters. The minimum absolute atomic E-state index is 0.120. The van der Waals surface area contributed by atoms with Crippen LogP contribution in [0, 0.1) is 18.8 Å². The Labute approximate surface area is 110 Å². The molecule has 3 heterocycles. The third-order valence-electron chi connectivity index (χ3n) is 3.82. The van der Waals surface area contributed by atoms with Crippen LogP contribution in [0.5, 0.6) is 0 Å². The number of likely N-dealkylation sites (tertiary alicyclic amines) is 1. The molecule has 2 atom stereocenters. The maximum absolute atomic E-state index is 12.3. The van der Waals surface area contributed by atoms with E-state index >= 15 is 0 Å². The van der Waals surface area contributed by atoms with Gasteiger partial charge in [-0.25, -0.2) is 0 Å². The van der Waals surface area contributed by atoms with Crippen molar-refractivity contribution < 1.29 is 9.59 Å². The quantitative estimate of drug-likeness (QED) is 0.830. The molecular weight excluding hydrogens is 248 g/mol. The third kappa shape index (κ3) is 2.03. The summed E-state index contributed by atoms with van der Waals surface area (Å²) in [6.07, 6.45) is 0.567. The molecule has 18 heavy (non-hydrogen) atoms. The summed E-state index contributed by atoms with van der Waals surface area (Å²) in [6.45, 7) is 4.24. The van der Waals surface area contributed by atoms with Crippen LogP contribution in [0.1, 0.15) is 21.0 Å². The van der Waals surface area contributed by atoms with E-state index in [4.69, 9.17) is 0 Å². The SMILES string of the molecule is Cc1ccc(C(=O)N2C[C@H]3CNC(=O)C[C@H]3C2)s1. The van der Waals surface area contributed by atoms with Crippen molar-refractivity contribution in [3.05, 3.63) is 21.9 Å². The number of carbonyl (C=O) groups excluding carboxylic acids is 2. The van der Waals surface area contributed by atoms with E-state index in [0.29, 0.717) is 18.3 Å². The molecule has 1 aromatic heterocycles. The minimum atomic E-state index is 0.120. The van der Waals surface area contributed by atoms with Gasteiger partial charge in [-0.2, -0.15) is 0 Å². The van der Waals surface area contributed by atoms with Crippen molar-refractivity contribution in [3.63, 3.8) is 0 Å². The lowest BCUT2D eigenvalue weighted by Gasteiger charge is -2.23. The number of fused-ring (bicyclic) bond motifs is 1. The minimum Gasteiger partial charge on any atom is -0.356 e. The van der Waals surface area contributed by atoms with Gasteiger partial charge in [0.15, 0.2) is 0 Å². The Morgan fingerprint density at radius 2 is 2.17 bits per heavy atom. The van der Waals surface area contributed by atoms with Crippen molar-refractivity contribution in [1.82, 2.24) is 10.2 Å². The number of aryl methyl sites for hydroxylation is 1. The van der Waals surface area contributed by atoms with E-state index in [2.05, 4.69) is 5.32 Å². The fourth-order valence-corrected chi connectivity index (χ4v) is 3.66. The van der Waals surface area contributed by atoms with E-state index in [-0.39, 0.29) is 11.8 Å². The largest absolute Gasteiger partial charge is 0.356 e. The Morgan fingerprint density at radius 1 is 1.39 bits per heavy atom. The molecule has 4 nitrogen and oxygen atoms in total. The third-order valence-corrected chi connectivity index (χ3v) is 4.81. The average Bonchev–Trinajstić information content (AvgIpc) is 2.93. The molecule has 0 saturated carbocycles. The van der Waals surface area contributed by atoms with Gasteiger partial charge in [-0.15, -0.1) is 11.3 Å². The second-order valence-electron chi connectivity index (χ2n) is 5.15. The number of nitrogens with one attached hydrogen (secondary N) is 1. The topological polar surface area (TPSA) is 49.4 Å². The maximum Gasteiger partial charge on any atom is 0.263 e. The molecular formula is C13H16N2O2S. The molecule has 2 aliphatic rings. The van der Waals surface area contributed by atoms with Crippen molar-refractivity contribution in [2.45, 2.75) is 13.3 Å². The molecule has 3 rings (SSSR count). The van der Waals surface area contributed by atoms with Gasteiger partial charge >= 0.3 is 0 Å². The van der Waals surface area contributed by atoms with E-state index in [1.807, 2.05) is 24.0 Å². The number of hydrogen-bond acceptors (Lipinski definition) is 3. The first-order valence-corrected chi connectivity index (χ1v) is 7.07. The smallest absolute Gasteiger partial charge is 0.263 e. The molecule has 0 bridgehead atoms. The zero-order valence-electron chi connectivity index (χ0n) is 10.3. The summed E-state index contributed by atoms with van der Waals surface area (Å²) in [5.41, 5.74) is 0. The molecule has 5 heteroatoms. The number of rotatable bonds is 1. The molecule has 0 spiro atoms. The van der Waals surface area contributed by atoms with E-state index in [1.165, 1.54) is 0 Å². The van der Waals surface area contributed by atoms with Gasteiger partial charge in [0.2, 0.25) is 5.91 Å². The second kappa shape index (κ2) is 4.39. The molecule has 1 aromatic rings. The summed E-state index contributed by atoms with van der Waals surface area (Å²) in [5.74, 6) is 1.03. The fourth-order valence-electron chi connectivity index (χ4n) is 2.83. The van der Waals surface area contributed by atoms with E-state index < -0.39 is 0 Å². The van der Waals surface area contributed by atoms with Crippen molar-refractivity contribution >= 4 is 23.2 Å². The summed E-state index contributed by atoms with van der Waals surface area (Å²) < 4.78 is 0. The van der Waals surface area contributed by atoms with Crippen molar-refractivity contribution in [1.29, 1.82) is 0 Å². The molecule has 2 aliphatic heterocycles. The molecule has 2 amide bonds. The number of amides is 2. The van der Waals surface area contributed by atoms with Gasteiger partial charge in [-0.05, 0) is 30.9 Å². The van der Waals surface area contributed by atoms with Crippen LogP contribution in [0.15, 0.2) is 12.1 Å². The van der Waals surface area contributed by atoms with Crippen LogP contribution in [0.25, 0.3) is 0 Å². The van der Waals surface area contributed by atoms with Gasteiger partial charge in [0, 0.05) is 30.9 Å². The normalized spacial score (nSPS) is 26.9. The number of hydrogen-bond donors (Lipinski definition) is 1. The molecule has 96 valence electrons. The van der Waals surface area contributed by atoms with Crippen molar-refractivity contribution in [2.75, 3.05) is 19.6 Å². The highest BCUT2D eigenvalue weighted by molar-refractivity contribution is 7.13. The first kappa shape index (κ1) is 11.7.